The molecule has 11 rings (SSSR count). The van der Waals surface area contributed by atoms with Gasteiger partial charge in [0.1, 0.15) is 0 Å². The fourth-order valence-corrected chi connectivity index (χ4v) is 12.3. The molecule has 1 heteroatoms. The van der Waals surface area contributed by atoms with Crippen LogP contribution in [0, 0.1) is 32.6 Å². The molecular formula is C70H65N. The largest absolute Gasteiger partial charge is 0.310 e. The van der Waals surface area contributed by atoms with E-state index in [9.17, 15) is 0 Å². The molecule has 0 aliphatic heterocycles. The summed E-state index contributed by atoms with van der Waals surface area (Å²) in [6.07, 6.45) is 15.2. The molecule has 8 aromatic rings. The summed E-state index contributed by atoms with van der Waals surface area (Å²) in [5, 5.41) is 0. The second kappa shape index (κ2) is 18.0. The fourth-order valence-electron chi connectivity index (χ4n) is 12.3. The van der Waals surface area contributed by atoms with Crippen molar-refractivity contribution < 1.29 is 0 Å². The zero-order valence-corrected chi connectivity index (χ0v) is 42.9. The Morgan fingerprint density at radius 1 is 0.577 bits per heavy atom. The number of nitrogens with zero attached hydrogens (tertiary/aromatic N) is 1. The van der Waals surface area contributed by atoms with Crippen molar-refractivity contribution in [3.8, 4) is 44.5 Å². The molecule has 0 fully saturated rings. The van der Waals surface area contributed by atoms with Crippen LogP contribution in [0.4, 0.5) is 17.1 Å². The number of hydrogen-bond acceptors (Lipinski definition) is 1. The van der Waals surface area contributed by atoms with E-state index < -0.39 is 5.41 Å². The third-order valence-corrected chi connectivity index (χ3v) is 15.9. The average molecular weight is 920 g/mol. The molecule has 0 heterocycles. The van der Waals surface area contributed by atoms with E-state index in [0.717, 1.165) is 17.8 Å². The molecule has 0 saturated heterocycles. The number of hydrogen-bond donors (Lipinski definition) is 0. The van der Waals surface area contributed by atoms with Crippen molar-refractivity contribution in [1.29, 1.82) is 0 Å². The highest BCUT2D eigenvalue weighted by molar-refractivity contribution is 5.99. The minimum atomic E-state index is -0.574. The lowest BCUT2D eigenvalue weighted by atomic mass is 9.65. The van der Waals surface area contributed by atoms with Gasteiger partial charge in [-0.3, -0.25) is 0 Å². The molecule has 0 spiro atoms. The molecule has 1 nitrogen and oxygen atoms in total. The zero-order valence-electron chi connectivity index (χ0n) is 42.9. The Kier molecular flexibility index (Phi) is 11.7. The van der Waals surface area contributed by atoms with Crippen LogP contribution in [-0.2, 0) is 10.8 Å². The van der Waals surface area contributed by atoms with Crippen molar-refractivity contribution in [1.82, 2.24) is 0 Å². The molecule has 2 atom stereocenters. The van der Waals surface area contributed by atoms with Gasteiger partial charge in [-0.2, -0.15) is 0 Å². The lowest BCUT2D eigenvalue weighted by molar-refractivity contribution is 0.660. The van der Waals surface area contributed by atoms with E-state index >= 15 is 0 Å². The van der Waals surface area contributed by atoms with Crippen molar-refractivity contribution in [3.63, 3.8) is 0 Å². The Morgan fingerprint density at radius 3 is 1.93 bits per heavy atom. The molecule has 0 saturated carbocycles. The predicted molar refractivity (Wildman–Crippen MR) is 304 cm³/mol. The minimum Gasteiger partial charge on any atom is -0.310 e. The Hall–Kier alpha value is -7.48. The van der Waals surface area contributed by atoms with Crippen LogP contribution in [0.5, 0.6) is 0 Å². The third kappa shape index (κ3) is 7.61. The second-order valence-electron chi connectivity index (χ2n) is 21.2. The number of anilines is 3. The normalized spacial score (nSPS) is 17.5. The summed E-state index contributed by atoms with van der Waals surface area (Å²) in [5.74, 6) is 0.954. The number of rotatable bonds is 10. The number of aryl methyl sites for hydroxylation is 3. The summed E-state index contributed by atoms with van der Waals surface area (Å²) < 4.78 is 0. The second-order valence-corrected chi connectivity index (χ2v) is 21.2. The molecule has 3 aliphatic carbocycles. The number of allylic oxidation sites excluding steroid dienone is 8. The molecule has 0 amide bonds. The Labute approximate surface area is 423 Å². The Bertz CT molecular complexity index is 3500. The average Bonchev–Trinajstić information content (AvgIpc) is 3.80. The van der Waals surface area contributed by atoms with Crippen molar-refractivity contribution in [2.24, 2.45) is 11.8 Å². The van der Waals surface area contributed by atoms with E-state index in [2.05, 4.69) is 274 Å². The molecule has 8 aromatic carbocycles. The van der Waals surface area contributed by atoms with Crippen LogP contribution in [0.25, 0.3) is 50.1 Å². The first-order chi connectivity index (χ1) is 34.4. The van der Waals surface area contributed by atoms with Gasteiger partial charge in [-0.1, -0.05) is 205 Å². The summed E-state index contributed by atoms with van der Waals surface area (Å²) in [5.41, 5.74) is 27.3. The van der Waals surface area contributed by atoms with Crippen LogP contribution < -0.4 is 4.90 Å². The van der Waals surface area contributed by atoms with Gasteiger partial charge in [0.05, 0.1) is 5.41 Å². The molecule has 0 bridgehead atoms. The smallest absolute Gasteiger partial charge is 0.0711 e. The van der Waals surface area contributed by atoms with Gasteiger partial charge in [-0.15, -0.1) is 0 Å². The van der Waals surface area contributed by atoms with Crippen LogP contribution in [0.15, 0.2) is 212 Å². The van der Waals surface area contributed by atoms with Gasteiger partial charge in [-0.25, -0.2) is 0 Å². The maximum absolute atomic E-state index is 2.56. The predicted octanol–water partition coefficient (Wildman–Crippen LogP) is 19.2. The van der Waals surface area contributed by atoms with Gasteiger partial charge >= 0.3 is 0 Å². The van der Waals surface area contributed by atoms with Crippen LogP contribution in [0.1, 0.15) is 98.0 Å². The topological polar surface area (TPSA) is 3.24 Å². The zero-order chi connectivity index (χ0) is 49.2. The first-order valence-corrected chi connectivity index (χ1v) is 25.8. The summed E-state index contributed by atoms with van der Waals surface area (Å²) in [7, 11) is 0. The number of fused-ring (bicyclic) bond motifs is 6. The molecule has 0 N–H and O–H groups in total. The standard InChI is InChI=1S/C70H65N/c1-10-50(29-25-45(2)3)58-36-30-53(41-48(58)6)67-47(5)28-39-63-68(67)61-38-35-57(44-65(61)70(63,54-21-15-12-16-22-54)55-32-26-46(4)27-33-55)71(66-40-31-52(42-49(66)7)51-19-13-11-14-20-51)56-34-37-60-59-23-17-18-24-62(59)69(8,9)64(60)43-56/h10-26,28-46H,27H2,1-9H3/b29-25-,50-10+. The fraction of sp³-hybridized carbons (Fsp3) is 0.200. The summed E-state index contributed by atoms with van der Waals surface area (Å²) in [6.45, 7) is 20.6. The minimum absolute atomic E-state index is 0.150. The van der Waals surface area contributed by atoms with E-state index in [1.165, 1.54) is 111 Å². The van der Waals surface area contributed by atoms with Crippen LogP contribution in [0.3, 0.4) is 0 Å². The summed E-state index contributed by atoms with van der Waals surface area (Å²) >= 11 is 0. The van der Waals surface area contributed by atoms with E-state index in [1.54, 1.807) is 0 Å². The lowest BCUT2D eigenvalue weighted by Gasteiger charge is -2.37. The monoisotopic (exact) mass is 920 g/mol. The van der Waals surface area contributed by atoms with E-state index in [-0.39, 0.29) is 5.41 Å². The van der Waals surface area contributed by atoms with E-state index in [4.69, 9.17) is 0 Å². The highest BCUT2D eigenvalue weighted by Crippen LogP contribution is 2.61. The van der Waals surface area contributed by atoms with Gasteiger partial charge in [0, 0.05) is 22.5 Å². The maximum atomic E-state index is 2.56. The quantitative estimate of drug-likeness (QED) is 0.124. The van der Waals surface area contributed by atoms with Crippen molar-refractivity contribution >= 4 is 22.6 Å². The van der Waals surface area contributed by atoms with Gasteiger partial charge in [0.15, 0.2) is 0 Å². The first-order valence-electron chi connectivity index (χ1n) is 25.8. The molecule has 71 heavy (non-hydrogen) atoms. The Balaban J connectivity index is 1.17. The van der Waals surface area contributed by atoms with Crippen molar-refractivity contribution in [2.45, 2.75) is 79.6 Å². The van der Waals surface area contributed by atoms with Crippen molar-refractivity contribution in [3.05, 3.63) is 262 Å². The SMILES string of the molecule is C/C=C(\C=C/C(C)C)c1ccc(-c2c(C)ccc3c2-c2ccc(N(c4ccc5c(c4)C(C)(C)c4ccccc4-5)c4ccc(-c5ccccc5)cc4C)cc2C3(C2=CCC(C)C=C2)c2ccccc2)cc1C. The van der Waals surface area contributed by atoms with Crippen LogP contribution in [0.2, 0.25) is 0 Å². The van der Waals surface area contributed by atoms with Gasteiger partial charge in [0.2, 0.25) is 0 Å². The van der Waals surface area contributed by atoms with Gasteiger partial charge in [0.25, 0.3) is 0 Å². The molecule has 0 radical (unpaired) electrons. The summed E-state index contributed by atoms with van der Waals surface area (Å²) in [6, 6.07) is 64.7. The van der Waals surface area contributed by atoms with Gasteiger partial charge in [-0.05, 0) is 188 Å². The van der Waals surface area contributed by atoms with Crippen LogP contribution >= 0.6 is 0 Å². The molecular weight excluding hydrogens is 855 g/mol. The van der Waals surface area contributed by atoms with Gasteiger partial charge < -0.3 is 4.90 Å². The van der Waals surface area contributed by atoms with E-state index in [0.29, 0.717) is 11.8 Å². The number of benzene rings is 8. The first kappa shape index (κ1) is 45.9. The molecule has 350 valence electrons. The van der Waals surface area contributed by atoms with Crippen molar-refractivity contribution in [2.75, 3.05) is 4.90 Å². The molecule has 2 unspecified atom stereocenters. The maximum Gasteiger partial charge on any atom is 0.0711 e. The molecule has 3 aliphatic rings. The van der Waals surface area contributed by atoms with Crippen LogP contribution in [-0.4, -0.2) is 0 Å². The summed E-state index contributed by atoms with van der Waals surface area (Å²) in [4.78, 5) is 2.54. The molecule has 0 aromatic heterocycles. The third-order valence-electron chi connectivity index (χ3n) is 15.9. The highest BCUT2D eigenvalue weighted by Gasteiger charge is 2.48. The highest BCUT2D eigenvalue weighted by atomic mass is 15.1. The lowest BCUT2D eigenvalue weighted by Crippen LogP contribution is -2.30. The van der Waals surface area contributed by atoms with E-state index in [1.807, 2.05) is 0 Å². The Morgan fingerprint density at radius 2 is 1.24 bits per heavy atom.